The SMILES string of the molecule is c1ccc(-c2cccc(N(c3cccc(-c4ccc5ccccc5c4)c3)c3ccc4c(c3)oc3ccccc34)c2)cc1. The fourth-order valence-corrected chi connectivity index (χ4v) is 5.95. The van der Waals surface area contributed by atoms with Crippen LogP contribution in [0.1, 0.15) is 0 Å². The van der Waals surface area contributed by atoms with Crippen LogP contribution in [0.15, 0.2) is 168 Å². The Morgan fingerprint density at radius 2 is 0.929 bits per heavy atom. The zero-order valence-corrected chi connectivity index (χ0v) is 22.9. The molecule has 0 fully saturated rings. The molecule has 42 heavy (non-hydrogen) atoms. The monoisotopic (exact) mass is 537 g/mol. The van der Waals surface area contributed by atoms with Gasteiger partial charge in [0.2, 0.25) is 0 Å². The highest BCUT2D eigenvalue weighted by atomic mass is 16.3. The van der Waals surface area contributed by atoms with Crippen LogP contribution in [-0.2, 0) is 0 Å². The van der Waals surface area contributed by atoms with Gasteiger partial charge in [-0.3, -0.25) is 0 Å². The number of furan rings is 1. The molecule has 0 N–H and O–H groups in total. The van der Waals surface area contributed by atoms with E-state index < -0.39 is 0 Å². The summed E-state index contributed by atoms with van der Waals surface area (Å²) in [6, 6.07) is 58.1. The van der Waals surface area contributed by atoms with Crippen LogP contribution in [0.5, 0.6) is 0 Å². The Bertz CT molecular complexity index is 2210. The van der Waals surface area contributed by atoms with Crippen molar-refractivity contribution in [2.45, 2.75) is 0 Å². The highest BCUT2D eigenvalue weighted by molar-refractivity contribution is 6.06. The first-order valence-corrected chi connectivity index (χ1v) is 14.3. The van der Waals surface area contributed by atoms with E-state index in [0.29, 0.717) is 0 Å². The van der Waals surface area contributed by atoms with Gasteiger partial charge >= 0.3 is 0 Å². The third kappa shape index (κ3) is 4.31. The Morgan fingerprint density at radius 1 is 0.333 bits per heavy atom. The summed E-state index contributed by atoms with van der Waals surface area (Å²) in [5.74, 6) is 0. The van der Waals surface area contributed by atoms with Gasteiger partial charge in [0.1, 0.15) is 11.2 Å². The molecule has 0 spiro atoms. The predicted molar refractivity (Wildman–Crippen MR) is 177 cm³/mol. The van der Waals surface area contributed by atoms with E-state index in [9.17, 15) is 0 Å². The van der Waals surface area contributed by atoms with Gasteiger partial charge in [-0.25, -0.2) is 0 Å². The molecule has 198 valence electrons. The molecule has 1 heterocycles. The van der Waals surface area contributed by atoms with E-state index in [4.69, 9.17) is 4.42 Å². The van der Waals surface area contributed by atoms with Gasteiger partial charge < -0.3 is 9.32 Å². The van der Waals surface area contributed by atoms with Crippen LogP contribution >= 0.6 is 0 Å². The first-order chi connectivity index (χ1) is 20.8. The van der Waals surface area contributed by atoms with Gasteiger partial charge in [0.05, 0.1) is 0 Å². The second kappa shape index (κ2) is 10.1. The number of para-hydroxylation sites is 1. The minimum absolute atomic E-state index is 0.878. The molecule has 0 unspecified atom stereocenters. The average molecular weight is 538 g/mol. The Labute approximate surface area is 244 Å². The summed E-state index contributed by atoms with van der Waals surface area (Å²) in [5, 5.41) is 4.74. The molecule has 0 aliphatic rings. The maximum absolute atomic E-state index is 6.32. The van der Waals surface area contributed by atoms with E-state index in [2.05, 4.69) is 157 Å². The van der Waals surface area contributed by atoms with Crippen LogP contribution in [0.2, 0.25) is 0 Å². The van der Waals surface area contributed by atoms with Crippen molar-refractivity contribution in [1.82, 2.24) is 0 Å². The lowest BCUT2D eigenvalue weighted by molar-refractivity contribution is 0.669. The first-order valence-electron chi connectivity index (χ1n) is 14.3. The van der Waals surface area contributed by atoms with Crippen LogP contribution in [0.4, 0.5) is 17.1 Å². The van der Waals surface area contributed by atoms with Crippen molar-refractivity contribution >= 4 is 49.8 Å². The molecule has 1 aromatic heterocycles. The summed E-state index contributed by atoms with van der Waals surface area (Å²) >= 11 is 0. The second-order valence-corrected chi connectivity index (χ2v) is 10.6. The third-order valence-corrected chi connectivity index (χ3v) is 8.02. The van der Waals surface area contributed by atoms with Crippen molar-refractivity contribution in [1.29, 1.82) is 0 Å². The lowest BCUT2D eigenvalue weighted by atomic mass is 10.00. The van der Waals surface area contributed by atoms with Crippen LogP contribution < -0.4 is 4.90 Å². The molecule has 0 saturated carbocycles. The van der Waals surface area contributed by atoms with Gasteiger partial charge in [0.15, 0.2) is 0 Å². The Balaban J connectivity index is 1.30. The molecule has 0 saturated heterocycles. The van der Waals surface area contributed by atoms with Gasteiger partial charge in [0.25, 0.3) is 0 Å². The number of rotatable bonds is 5. The molecule has 0 bridgehead atoms. The van der Waals surface area contributed by atoms with Crippen molar-refractivity contribution in [3.05, 3.63) is 164 Å². The molecule has 0 radical (unpaired) electrons. The van der Waals surface area contributed by atoms with Crippen molar-refractivity contribution < 1.29 is 4.42 Å². The summed E-state index contributed by atoms with van der Waals surface area (Å²) in [7, 11) is 0. The Kier molecular flexibility index (Phi) is 5.82. The third-order valence-electron chi connectivity index (χ3n) is 8.02. The Hall–Kier alpha value is -5.60. The maximum atomic E-state index is 6.32. The lowest BCUT2D eigenvalue weighted by Crippen LogP contribution is -2.10. The summed E-state index contributed by atoms with van der Waals surface area (Å²) < 4.78 is 6.32. The van der Waals surface area contributed by atoms with Crippen molar-refractivity contribution in [2.24, 2.45) is 0 Å². The van der Waals surface area contributed by atoms with Crippen LogP contribution in [0.25, 0.3) is 55.0 Å². The summed E-state index contributed by atoms with van der Waals surface area (Å²) in [4.78, 5) is 2.32. The van der Waals surface area contributed by atoms with E-state index in [-0.39, 0.29) is 0 Å². The number of fused-ring (bicyclic) bond motifs is 4. The van der Waals surface area contributed by atoms with Gasteiger partial charge in [-0.15, -0.1) is 0 Å². The molecule has 0 aliphatic heterocycles. The van der Waals surface area contributed by atoms with Crippen molar-refractivity contribution in [2.75, 3.05) is 4.90 Å². The van der Waals surface area contributed by atoms with Crippen LogP contribution in [-0.4, -0.2) is 0 Å². The highest BCUT2D eigenvalue weighted by Crippen LogP contribution is 2.40. The predicted octanol–water partition coefficient (Wildman–Crippen LogP) is 11.5. The lowest BCUT2D eigenvalue weighted by Gasteiger charge is -2.26. The highest BCUT2D eigenvalue weighted by Gasteiger charge is 2.17. The zero-order valence-electron chi connectivity index (χ0n) is 22.9. The van der Waals surface area contributed by atoms with Gasteiger partial charge in [0, 0.05) is 33.9 Å². The van der Waals surface area contributed by atoms with Crippen molar-refractivity contribution in [3.8, 4) is 22.3 Å². The zero-order chi connectivity index (χ0) is 27.9. The largest absolute Gasteiger partial charge is 0.456 e. The maximum Gasteiger partial charge on any atom is 0.137 e. The summed E-state index contributed by atoms with van der Waals surface area (Å²) in [6.45, 7) is 0. The van der Waals surface area contributed by atoms with E-state index in [1.807, 2.05) is 12.1 Å². The Morgan fingerprint density at radius 3 is 1.74 bits per heavy atom. The van der Waals surface area contributed by atoms with E-state index in [1.54, 1.807) is 0 Å². The smallest absolute Gasteiger partial charge is 0.137 e. The standard InChI is InChI=1S/C40H27NO/c1-2-10-28(11-3-1)31-14-8-16-34(25-31)41(36-22-23-38-37-18-6-7-19-39(37)42-40(38)27-36)35-17-9-15-32(26-35)33-21-20-29-12-4-5-13-30(29)24-33/h1-27H. The molecule has 2 nitrogen and oxygen atoms in total. The minimum atomic E-state index is 0.878. The molecule has 8 rings (SSSR count). The van der Waals surface area contributed by atoms with Crippen molar-refractivity contribution in [3.63, 3.8) is 0 Å². The quantitative estimate of drug-likeness (QED) is 0.217. The fourth-order valence-electron chi connectivity index (χ4n) is 5.95. The van der Waals surface area contributed by atoms with Gasteiger partial charge in [-0.1, -0.05) is 109 Å². The van der Waals surface area contributed by atoms with E-state index >= 15 is 0 Å². The van der Waals surface area contributed by atoms with Crippen LogP contribution in [0, 0.1) is 0 Å². The minimum Gasteiger partial charge on any atom is -0.456 e. The molecule has 0 amide bonds. The molecule has 0 atom stereocenters. The summed E-state index contributed by atoms with van der Waals surface area (Å²) in [6.07, 6.45) is 0. The van der Waals surface area contributed by atoms with E-state index in [0.717, 1.165) is 39.0 Å². The molecular weight excluding hydrogens is 510 g/mol. The number of nitrogens with zero attached hydrogens (tertiary/aromatic N) is 1. The van der Waals surface area contributed by atoms with Gasteiger partial charge in [-0.05, 0) is 81.6 Å². The molecule has 8 aromatic rings. The fraction of sp³-hybridized carbons (Fsp3) is 0. The number of anilines is 3. The molecule has 2 heteroatoms. The number of hydrogen-bond donors (Lipinski definition) is 0. The molecule has 0 aliphatic carbocycles. The average Bonchev–Trinajstić information content (AvgIpc) is 3.43. The summed E-state index contributed by atoms with van der Waals surface area (Å²) in [5.41, 5.74) is 9.73. The van der Waals surface area contributed by atoms with Gasteiger partial charge in [-0.2, -0.15) is 0 Å². The number of benzene rings is 7. The first kappa shape index (κ1) is 24.2. The van der Waals surface area contributed by atoms with E-state index in [1.165, 1.54) is 33.0 Å². The second-order valence-electron chi connectivity index (χ2n) is 10.6. The molecule has 7 aromatic carbocycles. The number of hydrogen-bond acceptors (Lipinski definition) is 2. The molecular formula is C40H27NO. The van der Waals surface area contributed by atoms with Crippen LogP contribution in [0.3, 0.4) is 0 Å². The normalized spacial score (nSPS) is 11.3. The topological polar surface area (TPSA) is 16.4 Å².